The molecule has 24 heavy (non-hydrogen) atoms. The Balaban J connectivity index is 1.88. The first-order chi connectivity index (χ1) is 11.6. The second kappa shape index (κ2) is 7.15. The summed E-state index contributed by atoms with van der Waals surface area (Å²) in [6, 6.07) is 8.20. The third kappa shape index (κ3) is 3.34. The molecule has 1 aromatic heterocycles. The van der Waals surface area contributed by atoms with Crippen molar-refractivity contribution < 1.29 is 19.0 Å². The van der Waals surface area contributed by atoms with Gasteiger partial charge in [0.1, 0.15) is 11.5 Å². The van der Waals surface area contributed by atoms with E-state index in [2.05, 4.69) is 9.88 Å². The number of likely N-dealkylation sites (tertiary alicyclic amines) is 1. The number of ether oxygens (including phenoxy) is 2. The van der Waals surface area contributed by atoms with Crippen LogP contribution in [0.25, 0.3) is 0 Å². The van der Waals surface area contributed by atoms with Crippen LogP contribution < -0.4 is 9.47 Å². The van der Waals surface area contributed by atoms with Crippen molar-refractivity contribution in [3.63, 3.8) is 0 Å². The first-order valence-corrected chi connectivity index (χ1v) is 7.85. The molecule has 3 rings (SSSR count). The van der Waals surface area contributed by atoms with E-state index in [1.165, 1.54) is 12.1 Å². The number of methoxy groups -OCH3 is 2. The zero-order valence-electron chi connectivity index (χ0n) is 13.8. The molecule has 0 bridgehead atoms. The van der Waals surface area contributed by atoms with Crippen LogP contribution in [0.4, 0.5) is 4.39 Å². The first-order valence-electron chi connectivity index (χ1n) is 7.85. The number of halogens is 1. The number of aliphatic hydroxyl groups is 1. The van der Waals surface area contributed by atoms with Gasteiger partial charge in [0.2, 0.25) is 0 Å². The van der Waals surface area contributed by atoms with Gasteiger partial charge in [-0.15, -0.1) is 0 Å². The van der Waals surface area contributed by atoms with E-state index in [1.807, 2.05) is 6.07 Å². The molecule has 0 amide bonds. The fourth-order valence-electron chi connectivity index (χ4n) is 3.27. The van der Waals surface area contributed by atoms with E-state index in [0.29, 0.717) is 31.0 Å². The molecular formula is C18H21FN2O3. The Kier molecular flexibility index (Phi) is 4.97. The SMILES string of the molecule is COc1ccnc(CN2C[C@H](O)C[C@H]2c2cccc(F)c2)c1OC. The van der Waals surface area contributed by atoms with E-state index in [1.54, 1.807) is 32.5 Å². The van der Waals surface area contributed by atoms with Crippen molar-refractivity contribution in [1.82, 2.24) is 9.88 Å². The van der Waals surface area contributed by atoms with Crippen molar-refractivity contribution >= 4 is 0 Å². The summed E-state index contributed by atoms with van der Waals surface area (Å²) in [6.45, 7) is 0.988. The molecule has 1 aliphatic heterocycles. The van der Waals surface area contributed by atoms with Crippen LogP contribution in [-0.2, 0) is 6.54 Å². The lowest BCUT2D eigenvalue weighted by atomic mass is 10.0. The van der Waals surface area contributed by atoms with Crippen LogP contribution in [0, 0.1) is 5.82 Å². The summed E-state index contributed by atoms with van der Waals surface area (Å²) < 4.78 is 24.3. The van der Waals surface area contributed by atoms with Crippen molar-refractivity contribution in [1.29, 1.82) is 0 Å². The highest BCUT2D eigenvalue weighted by Gasteiger charge is 2.33. The maximum Gasteiger partial charge on any atom is 0.183 e. The van der Waals surface area contributed by atoms with Gasteiger partial charge in [0, 0.05) is 31.4 Å². The number of benzene rings is 1. The Bertz CT molecular complexity index is 710. The summed E-state index contributed by atoms with van der Waals surface area (Å²) in [4.78, 5) is 6.48. The molecule has 1 saturated heterocycles. The average Bonchev–Trinajstić information content (AvgIpc) is 2.95. The van der Waals surface area contributed by atoms with Crippen molar-refractivity contribution in [3.05, 3.63) is 53.6 Å². The Morgan fingerprint density at radius 3 is 2.83 bits per heavy atom. The maximum atomic E-state index is 13.6. The quantitative estimate of drug-likeness (QED) is 0.912. The fourth-order valence-corrected chi connectivity index (χ4v) is 3.27. The normalized spacial score (nSPS) is 21.0. The minimum absolute atomic E-state index is 0.0617. The largest absolute Gasteiger partial charge is 0.493 e. The van der Waals surface area contributed by atoms with Crippen LogP contribution in [0.5, 0.6) is 11.5 Å². The van der Waals surface area contributed by atoms with E-state index in [9.17, 15) is 9.50 Å². The number of rotatable bonds is 5. The predicted octanol–water partition coefficient (Wildman–Crippen LogP) is 2.55. The molecular weight excluding hydrogens is 311 g/mol. The molecule has 2 heterocycles. The van der Waals surface area contributed by atoms with Crippen LogP contribution in [0.2, 0.25) is 0 Å². The van der Waals surface area contributed by atoms with Crippen molar-refractivity contribution in [2.24, 2.45) is 0 Å². The molecule has 1 N–H and O–H groups in total. The molecule has 2 aromatic rings. The Morgan fingerprint density at radius 1 is 1.29 bits per heavy atom. The van der Waals surface area contributed by atoms with Gasteiger partial charge in [-0.2, -0.15) is 0 Å². The molecule has 5 nitrogen and oxygen atoms in total. The lowest BCUT2D eigenvalue weighted by Crippen LogP contribution is -2.25. The van der Waals surface area contributed by atoms with Gasteiger partial charge in [0.25, 0.3) is 0 Å². The van der Waals surface area contributed by atoms with Crippen LogP contribution in [0.3, 0.4) is 0 Å². The topological polar surface area (TPSA) is 54.8 Å². The molecule has 0 saturated carbocycles. The summed E-state index contributed by atoms with van der Waals surface area (Å²) in [5.74, 6) is 0.926. The highest BCUT2D eigenvalue weighted by Crippen LogP contribution is 2.36. The molecule has 1 aliphatic rings. The van der Waals surface area contributed by atoms with Gasteiger partial charge in [0.05, 0.1) is 20.3 Å². The Hall–Kier alpha value is -2.18. The van der Waals surface area contributed by atoms with Gasteiger partial charge in [-0.3, -0.25) is 9.88 Å². The molecule has 0 unspecified atom stereocenters. The summed E-state index contributed by atoms with van der Waals surface area (Å²) in [7, 11) is 3.16. The van der Waals surface area contributed by atoms with E-state index >= 15 is 0 Å². The Labute approximate surface area is 140 Å². The molecule has 0 spiro atoms. The van der Waals surface area contributed by atoms with Gasteiger partial charge in [-0.25, -0.2) is 4.39 Å². The Morgan fingerprint density at radius 2 is 2.12 bits per heavy atom. The number of hydrogen-bond acceptors (Lipinski definition) is 5. The monoisotopic (exact) mass is 332 g/mol. The second-order valence-corrected chi connectivity index (χ2v) is 5.88. The molecule has 2 atom stereocenters. The zero-order valence-corrected chi connectivity index (χ0v) is 13.8. The van der Waals surface area contributed by atoms with Crippen molar-refractivity contribution in [3.8, 4) is 11.5 Å². The fraction of sp³-hybridized carbons (Fsp3) is 0.389. The second-order valence-electron chi connectivity index (χ2n) is 5.88. The third-order valence-electron chi connectivity index (χ3n) is 4.33. The minimum atomic E-state index is -0.449. The zero-order chi connectivity index (χ0) is 17.1. The van der Waals surface area contributed by atoms with Crippen LogP contribution >= 0.6 is 0 Å². The van der Waals surface area contributed by atoms with Crippen LogP contribution in [0.15, 0.2) is 36.5 Å². The summed E-state index contributed by atoms with van der Waals surface area (Å²) in [6.07, 6.45) is 1.78. The lowest BCUT2D eigenvalue weighted by Gasteiger charge is -2.25. The molecule has 6 heteroatoms. The first kappa shape index (κ1) is 16.7. The van der Waals surface area contributed by atoms with Crippen molar-refractivity contribution in [2.45, 2.75) is 25.1 Å². The van der Waals surface area contributed by atoms with E-state index in [0.717, 1.165) is 11.3 Å². The van der Waals surface area contributed by atoms with E-state index < -0.39 is 6.10 Å². The van der Waals surface area contributed by atoms with Gasteiger partial charge in [-0.05, 0) is 24.1 Å². The highest BCUT2D eigenvalue weighted by molar-refractivity contribution is 5.42. The molecule has 0 radical (unpaired) electrons. The molecule has 0 aliphatic carbocycles. The smallest absolute Gasteiger partial charge is 0.183 e. The molecule has 1 aromatic carbocycles. The number of aromatic nitrogens is 1. The third-order valence-corrected chi connectivity index (χ3v) is 4.33. The predicted molar refractivity (Wildman–Crippen MR) is 87.5 cm³/mol. The van der Waals surface area contributed by atoms with E-state index in [4.69, 9.17) is 9.47 Å². The summed E-state index contributed by atoms with van der Waals surface area (Å²) in [5, 5.41) is 10.1. The number of nitrogens with zero attached hydrogens (tertiary/aromatic N) is 2. The van der Waals surface area contributed by atoms with Crippen LogP contribution in [-0.4, -0.2) is 41.9 Å². The minimum Gasteiger partial charge on any atom is -0.493 e. The van der Waals surface area contributed by atoms with Gasteiger partial charge in [0.15, 0.2) is 11.5 Å². The highest BCUT2D eigenvalue weighted by atomic mass is 19.1. The van der Waals surface area contributed by atoms with E-state index in [-0.39, 0.29) is 11.9 Å². The van der Waals surface area contributed by atoms with Crippen molar-refractivity contribution in [2.75, 3.05) is 20.8 Å². The molecule has 128 valence electrons. The van der Waals surface area contributed by atoms with Gasteiger partial charge >= 0.3 is 0 Å². The lowest BCUT2D eigenvalue weighted by molar-refractivity contribution is 0.171. The molecule has 1 fully saturated rings. The number of aliphatic hydroxyl groups excluding tert-OH is 1. The summed E-state index contributed by atoms with van der Waals surface area (Å²) in [5.41, 5.74) is 1.58. The van der Waals surface area contributed by atoms with Crippen LogP contribution in [0.1, 0.15) is 23.7 Å². The van der Waals surface area contributed by atoms with Gasteiger partial charge < -0.3 is 14.6 Å². The maximum absolute atomic E-state index is 13.6. The standard InChI is InChI=1S/C18H21FN2O3/c1-23-17-6-7-20-15(18(17)24-2)11-21-10-14(22)9-16(21)12-4-3-5-13(19)8-12/h3-8,14,16,22H,9-11H2,1-2H3/t14-,16+/m1/s1. The summed E-state index contributed by atoms with van der Waals surface area (Å²) >= 11 is 0. The number of β-amino-alcohol motifs (C(OH)–C–C–N with tert-alkyl or cyclic N) is 1. The number of pyridine rings is 1. The number of hydrogen-bond donors (Lipinski definition) is 1. The average molecular weight is 332 g/mol. The van der Waals surface area contributed by atoms with Gasteiger partial charge in [-0.1, -0.05) is 12.1 Å².